The van der Waals surface area contributed by atoms with Gasteiger partial charge in [0.1, 0.15) is 10.6 Å². The van der Waals surface area contributed by atoms with E-state index in [0.29, 0.717) is 15.6 Å². The van der Waals surface area contributed by atoms with Gasteiger partial charge in [0.2, 0.25) is 5.91 Å². The number of aliphatic carboxylic acids is 1. The Labute approximate surface area is 159 Å². The summed E-state index contributed by atoms with van der Waals surface area (Å²) in [6.45, 7) is 1.83. The van der Waals surface area contributed by atoms with E-state index in [2.05, 4.69) is 5.32 Å². The summed E-state index contributed by atoms with van der Waals surface area (Å²) < 4.78 is 4.87. The summed E-state index contributed by atoms with van der Waals surface area (Å²) in [6.07, 6.45) is -0.0280. The number of amides is 1. The first-order chi connectivity index (χ1) is 12.3. The maximum Gasteiger partial charge on any atom is 0.341 e. The summed E-state index contributed by atoms with van der Waals surface area (Å²) in [7, 11) is 1.27. The second kappa shape index (κ2) is 8.82. The second-order valence-corrected chi connectivity index (χ2v) is 7.17. The van der Waals surface area contributed by atoms with Crippen LogP contribution in [0.15, 0.2) is 24.3 Å². The molecule has 1 aromatic carbocycles. The molecule has 0 aliphatic rings. The van der Waals surface area contributed by atoms with Crippen molar-refractivity contribution in [2.45, 2.75) is 26.2 Å². The van der Waals surface area contributed by atoms with E-state index < -0.39 is 11.9 Å². The highest BCUT2D eigenvalue weighted by Gasteiger charge is 2.25. The van der Waals surface area contributed by atoms with E-state index in [1.165, 1.54) is 18.4 Å². The Kier molecular flexibility index (Phi) is 6.76. The van der Waals surface area contributed by atoms with Gasteiger partial charge in [0.05, 0.1) is 7.11 Å². The lowest BCUT2D eigenvalue weighted by Crippen LogP contribution is -2.22. The van der Waals surface area contributed by atoms with E-state index >= 15 is 0 Å². The number of hydrogen-bond acceptors (Lipinski definition) is 6. The average Bonchev–Trinajstić information content (AvgIpc) is 2.89. The van der Waals surface area contributed by atoms with Gasteiger partial charge in [-0.05, 0) is 37.5 Å². The van der Waals surface area contributed by atoms with Gasteiger partial charge in [0.25, 0.3) is 0 Å². The van der Waals surface area contributed by atoms with Crippen LogP contribution in [-0.2, 0) is 14.3 Å². The van der Waals surface area contributed by atoms with Gasteiger partial charge >= 0.3 is 5.97 Å². The lowest BCUT2D eigenvalue weighted by molar-refractivity contribution is -0.305. The average molecular weight is 395 g/mol. The van der Waals surface area contributed by atoms with Gasteiger partial charge in [-0.25, -0.2) is 4.79 Å². The minimum Gasteiger partial charge on any atom is -0.550 e. The van der Waals surface area contributed by atoms with Crippen molar-refractivity contribution in [3.05, 3.63) is 39.7 Å². The molecular weight excluding hydrogens is 378 g/mol. The van der Waals surface area contributed by atoms with Crippen LogP contribution < -0.4 is 10.4 Å². The molecule has 1 heterocycles. The van der Waals surface area contributed by atoms with Crippen molar-refractivity contribution in [3.63, 3.8) is 0 Å². The first kappa shape index (κ1) is 19.9. The molecule has 8 heteroatoms. The summed E-state index contributed by atoms with van der Waals surface area (Å²) in [5.74, 6) is -2.16. The number of rotatable bonds is 7. The SMILES string of the molecule is COC(=O)c1c(NC(=O)CCCC(=O)[O-])sc(C)c1-c1cccc(Cl)c1. The Balaban J connectivity index is 2.35. The van der Waals surface area contributed by atoms with E-state index in [0.717, 1.165) is 10.4 Å². The topological polar surface area (TPSA) is 95.5 Å². The van der Waals surface area contributed by atoms with E-state index in [4.69, 9.17) is 16.3 Å². The third-order valence-corrected chi connectivity index (χ3v) is 4.88. The fourth-order valence-electron chi connectivity index (χ4n) is 2.50. The summed E-state index contributed by atoms with van der Waals surface area (Å²) in [5.41, 5.74) is 1.64. The number of carbonyl (C=O) groups excluding carboxylic acids is 3. The van der Waals surface area contributed by atoms with Crippen LogP contribution in [-0.4, -0.2) is 25.0 Å². The minimum absolute atomic E-state index is 0.0119. The number of carboxylic acid groups (broad SMARTS) is 1. The molecule has 26 heavy (non-hydrogen) atoms. The predicted molar refractivity (Wildman–Crippen MR) is 98.3 cm³/mol. The fraction of sp³-hybridized carbons (Fsp3) is 0.278. The summed E-state index contributed by atoms with van der Waals surface area (Å²) in [5, 5.41) is 14.0. The van der Waals surface area contributed by atoms with Crippen LogP contribution in [0.4, 0.5) is 5.00 Å². The van der Waals surface area contributed by atoms with Crippen molar-refractivity contribution in [2.75, 3.05) is 12.4 Å². The smallest absolute Gasteiger partial charge is 0.341 e. The zero-order valence-electron chi connectivity index (χ0n) is 14.3. The van der Waals surface area contributed by atoms with Gasteiger partial charge in [0, 0.05) is 27.9 Å². The number of hydrogen-bond donors (Lipinski definition) is 1. The Morgan fingerprint density at radius 3 is 2.62 bits per heavy atom. The Morgan fingerprint density at radius 1 is 1.27 bits per heavy atom. The summed E-state index contributed by atoms with van der Waals surface area (Å²) in [6, 6.07) is 7.05. The molecule has 2 aromatic rings. The zero-order valence-corrected chi connectivity index (χ0v) is 15.8. The molecule has 0 bridgehead atoms. The van der Waals surface area contributed by atoms with Crippen molar-refractivity contribution in [2.24, 2.45) is 0 Å². The highest BCUT2D eigenvalue weighted by molar-refractivity contribution is 7.17. The van der Waals surface area contributed by atoms with Crippen LogP contribution in [0.5, 0.6) is 0 Å². The number of aryl methyl sites for hydroxylation is 1. The third-order valence-electron chi connectivity index (χ3n) is 3.62. The van der Waals surface area contributed by atoms with Gasteiger partial charge in [-0.1, -0.05) is 23.7 Å². The molecule has 0 saturated heterocycles. The lowest BCUT2D eigenvalue weighted by Gasteiger charge is -2.08. The van der Waals surface area contributed by atoms with Crippen molar-refractivity contribution in [3.8, 4) is 11.1 Å². The number of ether oxygens (including phenoxy) is 1. The summed E-state index contributed by atoms with van der Waals surface area (Å²) in [4.78, 5) is 35.7. The molecule has 0 saturated carbocycles. The molecule has 0 aliphatic heterocycles. The zero-order chi connectivity index (χ0) is 19.3. The van der Waals surface area contributed by atoms with Crippen LogP contribution in [0.3, 0.4) is 0 Å². The van der Waals surface area contributed by atoms with E-state index in [1.54, 1.807) is 18.2 Å². The number of carboxylic acids is 1. The van der Waals surface area contributed by atoms with E-state index in [-0.39, 0.29) is 30.7 Å². The van der Waals surface area contributed by atoms with Crippen LogP contribution in [0.2, 0.25) is 5.02 Å². The molecule has 0 spiro atoms. The standard InChI is InChI=1S/C18H18ClNO5S/c1-10-15(11-5-3-6-12(19)9-11)16(18(24)25-2)17(26-10)20-13(21)7-4-8-14(22)23/h3,5-6,9H,4,7-8H2,1-2H3,(H,20,21)(H,22,23)/p-1. The van der Waals surface area contributed by atoms with E-state index in [9.17, 15) is 19.5 Å². The number of anilines is 1. The van der Waals surface area contributed by atoms with Crippen molar-refractivity contribution < 1.29 is 24.2 Å². The number of carbonyl (C=O) groups is 3. The molecule has 6 nitrogen and oxygen atoms in total. The molecule has 0 atom stereocenters. The predicted octanol–water partition coefficient (Wildman–Crippen LogP) is 3.02. The van der Waals surface area contributed by atoms with Crippen LogP contribution in [0, 0.1) is 6.92 Å². The second-order valence-electron chi connectivity index (χ2n) is 5.51. The van der Waals surface area contributed by atoms with E-state index in [1.807, 2.05) is 13.0 Å². The normalized spacial score (nSPS) is 10.4. The largest absolute Gasteiger partial charge is 0.550 e. The van der Waals surface area contributed by atoms with Crippen molar-refractivity contribution in [1.29, 1.82) is 0 Å². The highest BCUT2D eigenvalue weighted by Crippen LogP contribution is 2.41. The third kappa shape index (κ3) is 4.83. The van der Waals surface area contributed by atoms with Gasteiger partial charge in [-0.15, -0.1) is 11.3 Å². The maximum atomic E-state index is 12.3. The first-order valence-corrected chi connectivity index (χ1v) is 9.00. The molecule has 1 aromatic heterocycles. The molecule has 0 aliphatic carbocycles. The molecule has 0 unspecified atom stereocenters. The maximum absolute atomic E-state index is 12.3. The van der Waals surface area contributed by atoms with Crippen molar-refractivity contribution >= 4 is 45.8 Å². The molecule has 138 valence electrons. The Hall–Kier alpha value is -2.38. The molecule has 2 rings (SSSR count). The monoisotopic (exact) mass is 394 g/mol. The number of esters is 1. The first-order valence-electron chi connectivity index (χ1n) is 7.80. The highest BCUT2D eigenvalue weighted by atomic mass is 35.5. The molecule has 0 radical (unpaired) electrons. The molecule has 1 N–H and O–H groups in total. The summed E-state index contributed by atoms with van der Waals surface area (Å²) >= 11 is 7.30. The molecular formula is C18H17ClNO5S-. The number of nitrogens with one attached hydrogen (secondary N) is 1. The number of halogens is 1. The van der Waals surface area contributed by atoms with Crippen LogP contribution >= 0.6 is 22.9 Å². The van der Waals surface area contributed by atoms with Crippen LogP contribution in [0.1, 0.15) is 34.5 Å². The Bertz CT molecular complexity index is 846. The van der Waals surface area contributed by atoms with Gasteiger partial charge < -0.3 is 20.0 Å². The number of benzene rings is 1. The van der Waals surface area contributed by atoms with Gasteiger partial charge in [-0.2, -0.15) is 0 Å². The van der Waals surface area contributed by atoms with Gasteiger partial charge in [0.15, 0.2) is 0 Å². The molecule has 1 amide bonds. The number of thiophene rings is 1. The fourth-order valence-corrected chi connectivity index (χ4v) is 3.77. The van der Waals surface area contributed by atoms with Crippen molar-refractivity contribution in [1.82, 2.24) is 0 Å². The minimum atomic E-state index is -1.21. The van der Waals surface area contributed by atoms with Gasteiger partial charge in [-0.3, -0.25) is 4.79 Å². The number of methoxy groups -OCH3 is 1. The quantitative estimate of drug-likeness (QED) is 0.728. The molecule has 0 fully saturated rings. The van der Waals surface area contributed by atoms with Crippen LogP contribution in [0.25, 0.3) is 11.1 Å². The lowest BCUT2D eigenvalue weighted by atomic mass is 10.0. The Morgan fingerprint density at radius 2 is 2.00 bits per heavy atom.